The molecule has 5 nitrogen and oxygen atoms in total. The molecule has 0 bridgehead atoms. The number of nitrogens with zero attached hydrogens (tertiary/aromatic N) is 2. The van der Waals surface area contributed by atoms with E-state index in [0.717, 1.165) is 29.7 Å². The third-order valence-electron chi connectivity index (χ3n) is 6.16. The molecule has 2 amide bonds. The van der Waals surface area contributed by atoms with Gasteiger partial charge in [0.05, 0.1) is 5.69 Å². The Morgan fingerprint density at radius 3 is 2.42 bits per heavy atom. The molecule has 1 N–H and O–H groups in total. The highest BCUT2D eigenvalue weighted by molar-refractivity contribution is 6.32. The molecule has 170 valence electrons. The number of fused-ring (bicyclic) bond motifs is 1. The predicted octanol–water partition coefficient (Wildman–Crippen LogP) is 5.94. The molecule has 4 rings (SSSR count). The van der Waals surface area contributed by atoms with E-state index in [1.165, 1.54) is 0 Å². The van der Waals surface area contributed by atoms with Gasteiger partial charge < -0.3 is 15.1 Å². The van der Waals surface area contributed by atoms with Crippen LogP contribution in [0.2, 0.25) is 5.02 Å². The molecule has 6 heteroatoms. The van der Waals surface area contributed by atoms with Gasteiger partial charge in [0.1, 0.15) is 0 Å². The number of carbonyl (C=O) groups is 2. The number of rotatable bonds is 4. The second-order valence-electron chi connectivity index (χ2n) is 8.60. The first-order valence-corrected chi connectivity index (χ1v) is 11.5. The maximum absolute atomic E-state index is 13.5. The molecule has 0 saturated heterocycles. The van der Waals surface area contributed by atoms with E-state index in [-0.39, 0.29) is 17.9 Å². The lowest BCUT2D eigenvalue weighted by Gasteiger charge is -2.28. The van der Waals surface area contributed by atoms with Crippen LogP contribution in [0, 0.1) is 6.92 Å². The molecule has 1 heterocycles. The van der Waals surface area contributed by atoms with Crippen molar-refractivity contribution in [2.75, 3.05) is 30.9 Å². The number of halogens is 1. The molecule has 3 aromatic rings. The summed E-state index contributed by atoms with van der Waals surface area (Å²) in [6.07, 6.45) is 1.81. The minimum atomic E-state index is -0.169. The second-order valence-corrected chi connectivity index (χ2v) is 9.00. The largest absolute Gasteiger partial charge is 0.322 e. The first-order chi connectivity index (χ1) is 15.9. The lowest BCUT2D eigenvalue weighted by molar-refractivity contribution is 0.0985. The van der Waals surface area contributed by atoms with E-state index in [9.17, 15) is 9.59 Å². The summed E-state index contributed by atoms with van der Waals surface area (Å²) in [7, 11) is 4.08. The van der Waals surface area contributed by atoms with Crippen molar-refractivity contribution in [1.29, 1.82) is 0 Å². The number of carbonyl (C=O) groups excluding carboxylic acids is 2. The number of benzene rings is 3. The Hall–Kier alpha value is -3.15. The summed E-state index contributed by atoms with van der Waals surface area (Å²) in [4.78, 5) is 30.1. The summed E-state index contributed by atoms with van der Waals surface area (Å²) >= 11 is 6.60. The van der Waals surface area contributed by atoms with Gasteiger partial charge >= 0.3 is 0 Å². The first-order valence-electron chi connectivity index (χ1n) is 11.1. The fourth-order valence-corrected chi connectivity index (χ4v) is 4.70. The molecule has 0 spiro atoms. The third kappa shape index (κ3) is 4.80. The van der Waals surface area contributed by atoms with Crippen LogP contribution in [0.3, 0.4) is 0 Å². The van der Waals surface area contributed by atoms with Crippen molar-refractivity contribution in [2.24, 2.45) is 0 Å². The maximum Gasteiger partial charge on any atom is 0.258 e. The SMILES string of the molecule is Cc1ccccc1C(=O)Nc1ccc(C(=O)N2CCCC(N(C)C)c3c(Cl)cccc32)cc1. The van der Waals surface area contributed by atoms with Crippen LogP contribution in [-0.2, 0) is 0 Å². The zero-order valence-corrected chi connectivity index (χ0v) is 19.9. The molecule has 33 heavy (non-hydrogen) atoms. The predicted molar refractivity (Wildman–Crippen MR) is 134 cm³/mol. The quantitative estimate of drug-likeness (QED) is 0.522. The van der Waals surface area contributed by atoms with E-state index < -0.39 is 0 Å². The fraction of sp³-hybridized carbons (Fsp3) is 0.259. The fourth-order valence-electron chi connectivity index (χ4n) is 4.40. The highest BCUT2D eigenvalue weighted by Crippen LogP contribution is 2.40. The average Bonchev–Trinajstić information content (AvgIpc) is 3.00. The van der Waals surface area contributed by atoms with Crippen molar-refractivity contribution in [3.8, 4) is 0 Å². The first kappa shape index (κ1) is 23.0. The van der Waals surface area contributed by atoms with Crippen LogP contribution in [0.1, 0.15) is 50.7 Å². The molecule has 1 aliphatic rings. The summed E-state index contributed by atoms with van der Waals surface area (Å²) in [6, 6.07) is 20.4. The summed E-state index contributed by atoms with van der Waals surface area (Å²) in [5.74, 6) is -0.243. The Balaban J connectivity index is 1.57. The highest BCUT2D eigenvalue weighted by Gasteiger charge is 2.29. The molecule has 1 unspecified atom stereocenters. The highest BCUT2D eigenvalue weighted by atomic mass is 35.5. The van der Waals surface area contributed by atoms with Gasteiger partial charge in [-0.25, -0.2) is 0 Å². The normalized spacial score (nSPS) is 15.7. The number of anilines is 2. The van der Waals surface area contributed by atoms with Gasteiger partial charge in [-0.05, 0) is 81.9 Å². The van der Waals surface area contributed by atoms with Gasteiger partial charge in [0.15, 0.2) is 0 Å². The molecule has 0 radical (unpaired) electrons. The smallest absolute Gasteiger partial charge is 0.258 e. The van der Waals surface area contributed by atoms with Crippen LogP contribution in [-0.4, -0.2) is 37.4 Å². The van der Waals surface area contributed by atoms with Gasteiger partial charge in [-0.1, -0.05) is 35.9 Å². The van der Waals surface area contributed by atoms with Crippen molar-refractivity contribution >= 4 is 34.8 Å². The van der Waals surface area contributed by atoms with Crippen LogP contribution in [0.5, 0.6) is 0 Å². The number of aryl methyl sites for hydroxylation is 1. The van der Waals surface area contributed by atoms with Crippen LogP contribution in [0.4, 0.5) is 11.4 Å². The van der Waals surface area contributed by atoms with E-state index in [0.29, 0.717) is 28.4 Å². The Morgan fingerprint density at radius 2 is 1.73 bits per heavy atom. The summed E-state index contributed by atoms with van der Waals surface area (Å²) in [5, 5.41) is 3.59. The van der Waals surface area contributed by atoms with Crippen LogP contribution in [0.15, 0.2) is 66.7 Å². The average molecular weight is 462 g/mol. The molecule has 1 aliphatic heterocycles. The molecule has 0 saturated carbocycles. The molecule has 1 atom stereocenters. The molecule has 3 aromatic carbocycles. The minimum absolute atomic E-state index is 0.0743. The number of hydrogen-bond donors (Lipinski definition) is 1. The molecular formula is C27H28ClN3O2. The van der Waals surface area contributed by atoms with Gasteiger partial charge in [0, 0.05) is 40.0 Å². The second kappa shape index (κ2) is 9.77. The van der Waals surface area contributed by atoms with E-state index in [4.69, 9.17) is 11.6 Å². The van der Waals surface area contributed by atoms with Crippen molar-refractivity contribution in [3.05, 3.63) is 94.0 Å². The van der Waals surface area contributed by atoms with Crippen LogP contribution in [0.25, 0.3) is 0 Å². The van der Waals surface area contributed by atoms with Crippen molar-refractivity contribution in [3.63, 3.8) is 0 Å². The van der Waals surface area contributed by atoms with E-state index in [1.54, 1.807) is 30.3 Å². The standard InChI is InChI=1S/C27H28ClN3O2/c1-18-8-4-5-9-21(18)26(32)29-20-15-13-19(14-16-20)27(33)31-17-7-12-23(30(2)3)25-22(28)10-6-11-24(25)31/h4-6,8-11,13-16,23H,7,12,17H2,1-3H3,(H,29,32). The zero-order chi connectivity index (χ0) is 23.5. The van der Waals surface area contributed by atoms with E-state index in [2.05, 4.69) is 10.2 Å². The molecular weight excluding hydrogens is 434 g/mol. The lowest BCUT2D eigenvalue weighted by Crippen LogP contribution is -2.32. The van der Waals surface area contributed by atoms with E-state index in [1.807, 2.05) is 62.3 Å². The molecule has 0 aliphatic carbocycles. The molecule has 0 fully saturated rings. The van der Waals surface area contributed by atoms with Gasteiger partial charge in [-0.15, -0.1) is 0 Å². The zero-order valence-electron chi connectivity index (χ0n) is 19.1. The van der Waals surface area contributed by atoms with Crippen molar-refractivity contribution in [2.45, 2.75) is 25.8 Å². The van der Waals surface area contributed by atoms with E-state index >= 15 is 0 Å². The van der Waals surface area contributed by atoms with Crippen molar-refractivity contribution < 1.29 is 9.59 Å². The van der Waals surface area contributed by atoms with Gasteiger partial charge in [-0.3, -0.25) is 9.59 Å². The summed E-state index contributed by atoms with van der Waals surface area (Å²) in [5.41, 5.74) is 4.62. The van der Waals surface area contributed by atoms with Gasteiger partial charge in [0.2, 0.25) is 0 Å². The number of nitrogens with one attached hydrogen (secondary N) is 1. The molecule has 0 aromatic heterocycles. The lowest BCUT2D eigenvalue weighted by atomic mass is 10.0. The minimum Gasteiger partial charge on any atom is -0.322 e. The van der Waals surface area contributed by atoms with Crippen molar-refractivity contribution in [1.82, 2.24) is 4.90 Å². The Morgan fingerprint density at radius 1 is 1.00 bits per heavy atom. The Labute approximate surface area is 200 Å². The summed E-state index contributed by atoms with van der Waals surface area (Å²) in [6.45, 7) is 2.53. The topological polar surface area (TPSA) is 52.7 Å². The third-order valence-corrected chi connectivity index (χ3v) is 6.49. The van der Waals surface area contributed by atoms with Crippen LogP contribution < -0.4 is 10.2 Å². The Bertz CT molecular complexity index is 1170. The Kier molecular flexibility index (Phi) is 6.82. The number of amides is 2. The van der Waals surface area contributed by atoms with Gasteiger partial charge in [-0.2, -0.15) is 0 Å². The maximum atomic E-state index is 13.5. The number of hydrogen-bond acceptors (Lipinski definition) is 3. The summed E-state index contributed by atoms with van der Waals surface area (Å²) < 4.78 is 0. The van der Waals surface area contributed by atoms with Gasteiger partial charge in [0.25, 0.3) is 11.8 Å². The monoisotopic (exact) mass is 461 g/mol. The van der Waals surface area contributed by atoms with Crippen LogP contribution >= 0.6 is 11.6 Å².